The van der Waals surface area contributed by atoms with E-state index in [0.717, 1.165) is 39.3 Å². The van der Waals surface area contributed by atoms with E-state index in [0.29, 0.717) is 12.5 Å². The summed E-state index contributed by atoms with van der Waals surface area (Å²) < 4.78 is 11.6. The maximum atomic E-state index is 5.90. The third-order valence-electron chi connectivity index (χ3n) is 3.21. The molecule has 0 aromatic carbocycles. The molecule has 1 fully saturated rings. The molecule has 0 radical (unpaired) electrons. The molecule has 4 nitrogen and oxygen atoms in total. The Morgan fingerprint density at radius 1 is 1.39 bits per heavy atom. The fourth-order valence-corrected chi connectivity index (χ4v) is 2.32. The predicted molar refractivity (Wildman–Crippen MR) is 74.7 cm³/mol. The lowest BCUT2D eigenvalue weighted by Crippen LogP contribution is -2.55. The van der Waals surface area contributed by atoms with Crippen LogP contribution >= 0.6 is 0 Å². The van der Waals surface area contributed by atoms with Crippen LogP contribution in [-0.2, 0) is 9.47 Å². The summed E-state index contributed by atoms with van der Waals surface area (Å²) in [6, 6.07) is 0. The maximum Gasteiger partial charge on any atom is 0.0831 e. The second-order valence-electron chi connectivity index (χ2n) is 6.27. The zero-order valence-electron chi connectivity index (χ0n) is 12.4. The van der Waals surface area contributed by atoms with Crippen LogP contribution in [0.4, 0.5) is 0 Å². The van der Waals surface area contributed by atoms with Crippen molar-refractivity contribution in [1.29, 1.82) is 0 Å². The summed E-state index contributed by atoms with van der Waals surface area (Å²) in [6.45, 7) is 13.8. The average Bonchev–Trinajstić information content (AvgIpc) is 2.26. The standard InChI is InChI=1S/C14H30N2O2/c1-12(2)5-7-17-8-6-16-10-13(9-15)18-14(3,4)11-16/h12-13H,5-11,15H2,1-4H3. The van der Waals surface area contributed by atoms with Gasteiger partial charge in [0.1, 0.15) is 0 Å². The fraction of sp³-hybridized carbons (Fsp3) is 1.00. The molecule has 0 aromatic heterocycles. The molecule has 18 heavy (non-hydrogen) atoms. The quantitative estimate of drug-likeness (QED) is 0.703. The topological polar surface area (TPSA) is 47.7 Å². The zero-order valence-corrected chi connectivity index (χ0v) is 12.4. The predicted octanol–water partition coefficient (Wildman–Crippen LogP) is 1.49. The highest BCUT2D eigenvalue weighted by atomic mass is 16.5. The molecular formula is C14H30N2O2. The second-order valence-corrected chi connectivity index (χ2v) is 6.27. The molecule has 1 aliphatic heterocycles. The van der Waals surface area contributed by atoms with Crippen LogP contribution in [0.1, 0.15) is 34.1 Å². The van der Waals surface area contributed by atoms with Gasteiger partial charge in [0.25, 0.3) is 0 Å². The minimum atomic E-state index is -0.0970. The Morgan fingerprint density at radius 2 is 2.11 bits per heavy atom. The number of nitrogens with zero attached hydrogens (tertiary/aromatic N) is 1. The number of ether oxygens (including phenoxy) is 2. The number of nitrogens with two attached hydrogens (primary N) is 1. The summed E-state index contributed by atoms with van der Waals surface area (Å²) in [5.41, 5.74) is 5.62. The molecule has 1 atom stereocenters. The van der Waals surface area contributed by atoms with Crippen LogP contribution < -0.4 is 5.73 Å². The third kappa shape index (κ3) is 6.14. The first-order chi connectivity index (χ1) is 8.43. The van der Waals surface area contributed by atoms with Crippen molar-refractivity contribution in [3.63, 3.8) is 0 Å². The van der Waals surface area contributed by atoms with Crippen LogP contribution in [0.2, 0.25) is 0 Å². The van der Waals surface area contributed by atoms with Gasteiger partial charge in [0, 0.05) is 32.8 Å². The molecule has 0 saturated carbocycles. The summed E-state index contributed by atoms with van der Waals surface area (Å²) >= 11 is 0. The van der Waals surface area contributed by atoms with Crippen molar-refractivity contribution in [2.45, 2.75) is 45.8 Å². The van der Waals surface area contributed by atoms with E-state index in [9.17, 15) is 0 Å². The molecule has 1 rings (SSSR count). The second kappa shape index (κ2) is 7.43. The van der Waals surface area contributed by atoms with Crippen LogP contribution in [0.25, 0.3) is 0 Å². The van der Waals surface area contributed by atoms with E-state index in [2.05, 4.69) is 32.6 Å². The molecule has 1 unspecified atom stereocenters. The van der Waals surface area contributed by atoms with Crippen molar-refractivity contribution >= 4 is 0 Å². The Morgan fingerprint density at radius 3 is 2.72 bits per heavy atom. The van der Waals surface area contributed by atoms with Crippen LogP contribution in [0.3, 0.4) is 0 Å². The Kier molecular flexibility index (Phi) is 6.57. The highest BCUT2D eigenvalue weighted by Crippen LogP contribution is 2.20. The molecular weight excluding hydrogens is 228 g/mol. The molecule has 0 spiro atoms. The van der Waals surface area contributed by atoms with E-state index in [-0.39, 0.29) is 11.7 Å². The molecule has 2 N–H and O–H groups in total. The van der Waals surface area contributed by atoms with Gasteiger partial charge in [-0.3, -0.25) is 4.90 Å². The average molecular weight is 258 g/mol. The monoisotopic (exact) mass is 258 g/mol. The van der Waals surface area contributed by atoms with Gasteiger partial charge in [0.2, 0.25) is 0 Å². The van der Waals surface area contributed by atoms with Crippen molar-refractivity contribution in [2.75, 3.05) is 39.4 Å². The first-order valence-electron chi connectivity index (χ1n) is 7.11. The molecule has 1 saturated heterocycles. The summed E-state index contributed by atoms with van der Waals surface area (Å²) in [5, 5.41) is 0. The molecule has 108 valence electrons. The lowest BCUT2D eigenvalue weighted by Gasteiger charge is -2.42. The molecule has 0 aliphatic carbocycles. The molecule has 1 aliphatic rings. The first kappa shape index (κ1) is 15.9. The minimum absolute atomic E-state index is 0.0970. The Bertz CT molecular complexity index is 232. The molecule has 1 heterocycles. The van der Waals surface area contributed by atoms with Crippen LogP contribution in [-0.4, -0.2) is 56.0 Å². The third-order valence-corrected chi connectivity index (χ3v) is 3.21. The number of rotatable bonds is 7. The first-order valence-corrected chi connectivity index (χ1v) is 7.11. The SMILES string of the molecule is CC(C)CCOCCN1CC(CN)OC(C)(C)C1. The Balaban J connectivity index is 2.20. The summed E-state index contributed by atoms with van der Waals surface area (Å²) in [5.74, 6) is 0.717. The Hall–Kier alpha value is -0.160. The van der Waals surface area contributed by atoms with Gasteiger partial charge in [-0.2, -0.15) is 0 Å². The molecule has 0 amide bonds. The van der Waals surface area contributed by atoms with Gasteiger partial charge < -0.3 is 15.2 Å². The maximum absolute atomic E-state index is 5.90. The van der Waals surface area contributed by atoms with Crippen molar-refractivity contribution in [2.24, 2.45) is 11.7 Å². The number of morpholine rings is 1. The van der Waals surface area contributed by atoms with Gasteiger partial charge in [0.15, 0.2) is 0 Å². The van der Waals surface area contributed by atoms with Crippen LogP contribution in [0.5, 0.6) is 0 Å². The van der Waals surface area contributed by atoms with E-state index < -0.39 is 0 Å². The smallest absolute Gasteiger partial charge is 0.0831 e. The van der Waals surface area contributed by atoms with E-state index in [1.807, 2.05) is 0 Å². The van der Waals surface area contributed by atoms with Gasteiger partial charge in [0.05, 0.1) is 18.3 Å². The molecule has 0 bridgehead atoms. The fourth-order valence-electron chi connectivity index (χ4n) is 2.32. The highest BCUT2D eigenvalue weighted by molar-refractivity contribution is 4.84. The van der Waals surface area contributed by atoms with Crippen LogP contribution in [0, 0.1) is 5.92 Å². The van der Waals surface area contributed by atoms with E-state index >= 15 is 0 Å². The van der Waals surface area contributed by atoms with Crippen LogP contribution in [0.15, 0.2) is 0 Å². The number of hydrogen-bond acceptors (Lipinski definition) is 4. The van der Waals surface area contributed by atoms with Crippen molar-refractivity contribution in [1.82, 2.24) is 4.90 Å². The number of hydrogen-bond donors (Lipinski definition) is 1. The van der Waals surface area contributed by atoms with Gasteiger partial charge in [-0.1, -0.05) is 13.8 Å². The minimum Gasteiger partial charge on any atom is -0.380 e. The van der Waals surface area contributed by atoms with Gasteiger partial charge in [-0.05, 0) is 26.2 Å². The largest absolute Gasteiger partial charge is 0.380 e. The van der Waals surface area contributed by atoms with E-state index in [1.54, 1.807) is 0 Å². The van der Waals surface area contributed by atoms with E-state index in [1.165, 1.54) is 0 Å². The summed E-state index contributed by atoms with van der Waals surface area (Å²) in [6.07, 6.45) is 1.30. The normalized spacial score (nSPS) is 24.7. The van der Waals surface area contributed by atoms with Gasteiger partial charge in [-0.15, -0.1) is 0 Å². The van der Waals surface area contributed by atoms with Gasteiger partial charge in [-0.25, -0.2) is 0 Å². The van der Waals surface area contributed by atoms with Crippen molar-refractivity contribution in [3.8, 4) is 0 Å². The van der Waals surface area contributed by atoms with Gasteiger partial charge >= 0.3 is 0 Å². The molecule has 4 heteroatoms. The van der Waals surface area contributed by atoms with Crippen molar-refractivity contribution in [3.05, 3.63) is 0 Å². The highest BCUT2D eigenvalue weighted by Gasteiger charge is 2.32. The lowest BCUT2D eigenvalue weighted by molar-refractivity contribution is -0.134. The zero-order chi connectivity index (χ0) is 13.6. The molecule has 0 aromatic rings. The van der Waals surface area contributed by atoms with Crippen molar-refractivity contribution < 1.29 is 9.47 Å². The Labute approximate surface area is 112 Å². The summed E-state index contributed by atoms with van der Waals surface area (Å²) in [7, 11) is 0. The van der Waals surface area contributed by atoms with E-state index in [4.69, 9.17) is 15.2 Å². The summed E-state index contributed by atoms with van der Waals surface area (Å²) in [4.78, 5) is 2.40. The lowest BCUT2D eigenvalue weighted by atomic mass is 10.1.